The molecule has 1 saturated heterocycles. The molecule has 1 aliphatic rings. The number of anilines is 1. The molecule has 0 atom stereocenters. The predicted molar refractivity (Wildman–Crippen MR) is 116 cm³/mol. The first kappa shape index (κ1) is 19.7. The Bertz CT molecular complexity index is 1030. The van der Waals surface area contributed by atoms with E-state index in [2.05, 4.69) is 23.1 Å². The second kappa shape index (κ2) is 9.27. The van der Waals surface area contributed by atoms with Crippen LogP contribution in [0, 0.1) is 11.3 Å². The Kier molecular flexibility index (Phi) is 6.30. The normalized spacial score (nSPS) is 13.9. The number of ether oxygens (including phenoxy) is 1. The third-order valence-electron chi connectivity index (χ3n) is 4.60. The van der Waals surface area contributed by atoms with Gasteiger partial charge in [-0.1, -0.05) is 65.8 Å². The van der Waals surface area contributed by atoms with E-state index in [9.17, 15) is 5.26 Å². The fourth-order valence-electron chi connectivity index (χ4n) is 3.17. The molecule has 29 heavy (non-hydrogen) atoms. The van der Waals surface area contributed by atoms with Crippen LogP contribution in [0.3, 0.4) is 0 Å². The molecule has 0 unspecified atom stereocenters. The Hall–Kier alpha value is -2.59. The van der Waals surface area contributed by atoms with E-state index in [-0.39, 0.29) is 0 Å². The summed E-state index contributed by atoms with van der Waals surface area (Å²) >= 11 is 7.76. The number of hydrogen-bond donors (Lipinski definition) is 0. The molecule has 0 bridgehead atoms. The van der Waals surface area contributed by atoms with Crippen molar-refractivity contribution in [2.45, 2.75) is 10.9 Å². The molecule has 3 aromatic rings. The van der Waals surface area contributed by atoms with Crippen molar-refractivity contribution in [2.24, 2.45) is 0 Å². The van der Waals surface area contributed by atoms with Gasteiger partial charge in [0.2, 0.25) is 0 Å². The first-order valence-electron chi connectivity index (χ1n) is 9.32. The Morgan fingerprint density at radius 2 is 1.86 bits per heavy atom. The van der Waals surface area contributed by atoms with Crippen LogP contribution in [0.2, 0.25) is 5.02 Å². The lowest BCUT2D eigenvalue weighted by molar-refractivity contribution is 0.122. The number of thioether (sulfide) groups is 1. The average Bonchev–Trinajstić information content (AvgIpc) is 2.78. The summed E-state index contributed by atoms with van der Waals surface area (Å²) in [7, 11) is 0. The van der Waals surface area contributed by atoms with Crippen LogP contribution in [0.5, 0.6) is 0 Å². The van der Waals surface area contributed by atoms with Crippen LogP contribution in [0.4, 0.5) is 5.82 Å². The van der Waals surface area contributed by atoms with Crippen molar-refractivity contribution >= 4 is 29.2 Å². The zero-order valence-electron chi connectivity index (χ0n) is 15.7. The zero-order chi connectivity index (χ0) is 20.1. The van der Waals surface area contributed by atoms with Crippen LogP contribution in [0.25, 0.3) is 11.3 Å². The number of hydrogen-bond acceptors (Lipinski definition) is 6. The van der Waals surface area contributed by atoms with Gasteiger partial charge in [-0.2, -0.15) is 5.26 Å². The van der Waals surface area contributed by atoms with Gasteiger partial charge in [0.25, 0.3) is 0 Å². The van der Waals surface area contributed by atoms with Gasteiger partial charge in [0.05, 0.1) is 18.9 Å². The van der Waals surface area contributed by atoms with E-state index in [0.717, 1.165) is 11.3 Å². The van der Waals surface area contributed by atoms with Gasteiger partial charge in [-0.15, -0.1) is 0 Å². The molecule has 0 radical (unpaired) electrons. The number of morpholine rings is 1. The molecule has 0 spiro atoms. The number of rotatable bonds is 5. The lowest BCUT2D eigenvalue weighted by Gasteiger charge is -2.29. The minimum absolute atomic E-state index is 0.471. The smallest absolute Gasteiger partial charge is 0.190 e. The summed E-state index contributed by atoms with van der Waals surface area (Å²) in [6, 6.07) is 20.0. The molecule has 2 heterocycles. The second-order valence-corrected chi connectivity index (χ2v) is 7.93. The van der Waals surface area contributed by atoms with Crippen LogP contribution in [-0.2, 0) is 10.5 Å². The number of nitrogens with zero attached hydrogens (tertiary/aromatic N) is 4. The van der Waals surface area contributed by atoms with Crippen LogP contribution in [0.1, 0.15) is 11.1 Å². The minimum Gasteiger partial charge on any atom is -0.378 e. The quantitative estimate of drug-likeness (QED) is 0.435. The Labute approximate surface area is 179 Å². The summed E-state index contributed by atoms with van der Waals surface area (Å²) in [4.78, 5) is 11.6. The maximum absolute atomic E-state index is 9.93. The van der Waals surface area contributed by atoms with Crippen molar-refractivity contribution in [2.75, 3.05) is 31.2 Å². The van der Waals surface area contributed by atoms with Gasteiger partial charge in [-0.05, 0) is 17.7 Å². The highest BCUT2D eigenvalue weighted by atomic mass is 35.5. The lowest BCUT2D eigenvalue weighted by Crippen LogP contribution is -2.37. The molecule has 5 nitrogen and oxygen atoms in total. The van der Waals surface area contributed by atoms with E-state index in [1.165, 1.54) is 5.56 Å². The Balaban J connectivity index is 1.76. The summed E-state index contributed by atoms with van der Waals surface area (Å²) in [6.07, 6.45) is 0. The zero-order valence-corrected chi connectivity index (χ0v) is 17.3. The molecule has 1 fully saturated rings. The topological polar surface area (TPSA) is 62.0 Å². The van der Waals surface area contributed by atoms with Gasteiger partial charge in [0, 0.05) is 29.4 Å². The fraction of sp³-hybridized carbons (Fsp3) is 0.227. The summed E-state index contributed by atoms with van der Waals surface area (Å²) in [5.41, 5.74) is 3.09. The van der Waals surface area contributed by atoms with Crippen LogP contribution in [0.15, 0.2) is 59.8 Å². The molecular formula is C22H19ClN4OS. The van der Waals surface area contributed by atoms with E-state index in [4.69, 9.17) is 26.3 Å². The molecular weight excluding hydrogens is 404 g/mol. The molecule has 1 aliphatic heterocycles. The molecule has 4 rings (SSSR count). The molecule has 1 aromatic heterocycles. The third-order valence-corrected chi connectivity index (χ3v) is 5.75. The van der Waals surface area contributed by atoms with Crippen molar-refractivity contribution in [3.8, 4) is 17.3 Å². The molecule has 2 aromatic carbocycles. The average molecular weight is 423 g/mol. The van der Waals surface area contributed by atoms with E-state index in [1.54, 1.807) is 11.8 Å². The lowest BCUT2D eigenvalue weighted by atomic mass is 10.1. The maximum atomic E-state index is 9.93. The van der Waals surface area contributed by atoms with Gasteiger partial charge < -0.3 is 9.64 Å². The fourth-order valence-corrected chi connectivity index (χ4v) is 4.15. The van der Waals surface area contributed by atoms with Crippen LogP contribution < -0.4 is 4.90 Å². The molecule has 0 saturated carbocycles. The standard InChI is InChI=1S/C22H19ClN4OS/c23-18-8-4-7-17(13-18)20-19(14-24)21(27-9-11-28-12-10-27)26-22(25-20)29-15-16-5-2-1-3-6-16/h1-8,13H,9-12,15H2. The van der Waals surface area contributed by atoms with Crippen LogP contribution in [-0.4, -0.2) is 36.3 Å². The van der Waals surface area contributed by atoms with Gasteiger partial charge in [0.1, 0.15) is 11.6 Å². The Morgan fingerprint density at radius 3 is 2.59 bits per heavy atom. The van der Waals surface area contributed by atoms with Crippen molar-refractivity contribution in [3.63, 3.8) is 0 Å². The monoisotopic (exact) mass is 422 g/mol. The van der Waals surface area contributed by atoms with Gasteiger partial charge >= 0.3 is 0 Å². The highest BCUT2D eigenvalue weighted by Crippen LogP contribution is 2.33. The van der Waals surface area contributed by atoms with Crippen LogP contribution >= 0.6 is 23.4 Å². The molecule has 0 amide bonds. The highest BCUT2D eigenvalue weighted by molar-refractivity contribution is 7.98. The van der Waals surface area contributed by atoms with Crippen molar-refractivity contribution in [1.82, 2.24) is 9.97 Å². The Morgan fingerprint density at radius 1 is 1.07 bits per heavy atom. The minimum atomic E-state index is 0.471. The predicted octanol–water partition coefficient (Wildman–Crippen LogP) is 4.80. The summed E-state index contributed by atoms with van der Waals surface area (Å²) in [5, 5.41) is 11.2. The van der Waals surface area contributed by atoms with Crippen molar-refractivity contribution in [3.05, 3.63) is 70.7 Å². The number of halogens is 1. The number of nitriles is 1. The molecule has 146 valence electrons. The van der Waals surface area contributed by atoms with E-state index in [0.29, 0.717) is 53.6 Å². The van der Waals surface area contributed by atoms with Gasteiger partial charge in [-0.3, -0.25) is 0 Å². The molecule has 7 heteroatoms. The third kappa shape index (κ3) is 4.70. The van der Waals surface area contributed by atoms with E-state index in [1.807, 2.05) is 42.5 Å². The maximum Gasteiger partial charge on any atom is 0.190 e. The number of aromatic nitrogens is 2. The van der Waals surface area contributed by atoms with Crippen molar-refractivity contribution in [1.29, 1.82) is 5.26 Å². The summed E-state index contributed by atoms with van der Waals surface area (Å²) in [6.45, 7) is 2.63. The summed E-state index contributed by atoms with van der Waals surface area (Å²) in [5.74, 6) is 1.42. The molecule has 0 aliphatic carbocycles. The van der Waals surface area contributed by atoms with E-state index < -0.39 is 0 Å². The SMILES string of the molecule is N#Cc1c(-c2cccc(Cl)c2)nc(SCc2ccccc2)nc1N1CCOCC1. The highest BCUT2D eigenvalue weighted by Gasteiger charge is 2.22. The first-order valence-corrected chi connectivity index (χ1v) is 10.7. The number of benzene rings is 2. The summed E-state index contributed by atoms with van der Waals surface area (Å²) < 4.78 is 5.47. The molecule has 0 N–H and O–H groups in total. The van der Waals surface area contributed by atoms with Crippen molar-refractivity contribution < 1.29 is 4.74 Å². The largest absolute Gasteiger partial charge is 0.378 e. The second-order valence-electron chi connectivity index (χ2n) is 6.55. The van der Waals surface area contributed by atoms with E-state index >= 15 is 0 Å². The first-order chi connectivity index (χ1) is 14.2. The van der Waals surface area contributed by atoms with Gasteiger partial charge in [-0.25, -0.2) is 9.97 Å². The van der Waals surface area contributed by atoms with Gasteiger partial charge in [0.15, 0.2) is 11.0 Å².